The number of hydrogen-bond acceptors (Lipinski definition) is 5. The number of amides is 2. The molecular weight excluding hydrogens is 436 g/mol. The number of aromatic nitrogens is 1. The van der Waals surface area contributed by atoms with Crippen LogP contribution < -0.4 is 15.5 Å². The van der Waals surface area contributed by atoms with E-state index in [0.717, 1.165) is 18.9 Å². The van der Waals surface area contributed by atoms with E-state index in [9.17, 15) is 23.2 Å². The highest BCUT2D eigenvalue weighted by atomic mass is 19.1. The summed E-state index contributed by atoms with van der Waals surface area (Å²) in [5.74, 6) is -2.90. The molecule has 1 saturated heterocycles. The molecule has 10 heteroatoms. The second kappa shape index (κ2) is 7.65. The van der Waals surface area contributed by atoms with Gasteiger partial charge >= 0.3 is 0 Å². The van der Waals surface area contributed by atoms with E-state index < -0.39 is 29.2 Å². The number of carbonyl (C=O) groups excluding carboxylic acids is 2. The Kier molecular flexibility index (Phi) is 5.00. The molecule has 0 unspecified atom stereocenters. The van der Waals surface area contributed by atoms with Crippen LogP contribution in [0.2, 0.25) is 0 Å². The molecule has 8 nitrogen and oxygen atoms in total. The highest BCUT2D eigenvalue weighted by Gasteiger charge is 2.57. The Balaban J connectivity index is 1.46. The van der Waals surface area contributed by atoms with Gasteiger partial charge in [-0.05, 0) is 25.8 Å². The minimum atomic E-state index is -0.808. The Labute approximate surface area is 188 Å². The molecule has 2 amide bonds. The van der Waals surface area contributed by atoms with Crippen LogP contribution >= 0.6 is 0 Å². The van der Waals surface area contributed by atoms with Gasteiger partial charge in [0.05, 0.1) is 20.3 Å². The predicted octanol–water partition coefficient (Wildman–Crippen LogP) is 2.05. The maximum Gasteiger partial charge on any atom is 0.276 e. The van der Waals surface area contributed by atoms with Gasteiger partial charge in [0.1, 0.15) is 17.2 Å². The first-order valence-corrected chi connectivity index (χ1v) is 10.7. The monoisotopic (exact) mass is 459 g/mol. The number of ether oxygens (including phenoxy) is 2. The second-order valence-corrected chi connectivity index (χ2v) is 8.84. The van der Waals surface area contributed by atoms with Gasteiger partial charge in [-0.2, -0.15) is 0 Å². The zero-order chi connectivity index (χ0) is 23.5. The Hall–Kier alpha value is -3.27. The number of halogens is 2. The van der Waals surface area contributed by atoms with Crippen molar-refractivity contribution in [3.05, 3.63) is 63.1 Å². The van der Waals surface area contributed by atoms with Crippen LogP contribution in [-0.2, 0) is 17.8 Å². The summed E-state index contributed by atoms with van der Waals surface area (Å²) < 4.78 is 39.8. The third-order valence-electron chi connectivity index (χ3n) is 7.00. The first kappa shape index (κ1) is 21.6. The third kappa shape index (κ3) is 3.40. The van der Waals surface area contributed by atoms with Crippen molar-refractivity contribution in [1.29, 1.82) is 0 Å². The number of rotatable bonds is 4. The highest BCUT2D eigenvalue weighted by Crippen LogP contribution is 2.54. The summed E-state index contributed by atoms with van der Waals surface area (Å²) in [5, 5.41) is 2.47. The van der Waals surface area contributed by atoms with E-state index >= 15 is 0 Å². The SMILES string of the molecule is COc1c2n(cc(C(=O)NCc3ccc(F)cc3F)c1=O)C[C@@H]1OCC3(CC3)[C@@H](C)N1C2=O. The summed E-state index contributed by atoms with van der Waals surface area (Å²) in [5.41, 5.74) is -0.870. The fourth-order valence-corrected chi connectivity index (χ4v) is 4.76. The van der Waals surface area contributed by atoms with Crippen LogP contribution in [-0.4, -0.2) is 47.3 Å². The van der Waals surface area contributed by atoms with Gasteiger partial charge in [-0.3, -0.25) is 14.4 Å². The van der Waals surface area contributed by atoms with E-state index in [1.54, 1.807) is 4.90 Å². The van der Waals surface area contributed by atoms with Crippen LogP contribution in [0.5, 0.6) is 5.75 Å². The molecule has 1 spiro atoms. The Bertz CT molecular complexity index is 1220. The van der Waals surface area contributed by atoms with Crippen molar-refractivity contribution < 1.29 is 27.8 Å². The standard InChI is InChI=1S/C23H23F2N3O5/c1-12-23(5-6-23)11-33-17-10-27-9-15(19(29)20(32-2)18(27)22(31)28(12)17)21(30)26-8-13-3-4-14(24)7-16(13)25/h3-4,7,9,12,17H,5-6,8,10-11H2,1-2H3,(H,26,30)/t12-,17+/m1/s1. The summed E-state index contributed by atoms with van der Waals surface area (Å²) in [6, 6.07) is 2.97. The van der Waals surface area contributed by atoms with Crippen LogP contribution in [0, 0.1) is 17.0 Å². The largest absolute Gasteiger partial charge is 0.491 e. The molecule has 3 heterocycles. The Morgan fingerprint density at radius 2 is 2.06 bits per heavy atom. The number of hydrogen-bond donors (Lipinski definition) is 1. The van der Waals surface area contributed by atoms with Crippen LogP contribution in [0.15, 0.2) is 29.2 Å². The number of fused-ring (bicyclic) bond motifs is 2. The molecule has 1 aromatic heterocycles. The lowest BCUT2D eigenvalue weighted by atomic mass is 9.93. The lowest BCUT2D eigenvalue weighted by molar-refractivity contribution is -0.145. The third-order valence-corrected chi connectivity index (χ3v) is 7.00. The quantitative estimate of drug-likeness (QED) is 0.756. The van der Waals surface area contributed by atoms with E-state index in [2.05, 4.69) is 5.32 Å². The summed E-state index contributed by atoms with van der Waals surface area (Å²) >= 11 is 0. The zero-order valence-corrected chi connectivity index (χ0v) is 18.2. The molecule has 1 saturated carbocycles. The fraction of sp³-hybridized carbons (Fsp3) is 0.435. The van der Waals surface area contributed by atoms with Crippen molar-refractivity contribution in [2.24, 2.45) is 5.41 Å². The minimum absolute atomic E-state index is 0.0304. The molecule has 33 heavy (non-hydrogen) atoms. The van der Waals surface area contributed by atoms with Gasteiger partial charge in [0.15, 0.2) is 17.7 Å². The molecule has 2 aromatic rings. The first-order valence-electron chi connectivity index (χ1n) is 10.7. The van der Waals surface area contributed by atoms with Crippen LogP contribution in [0.25, 0.3) is 0 Å². The number of pyridine rings is 1. The van der Waals surface area contributed by atoms with Crippen molar-refractivity contribution in [3.8, 4) is 5.75 Å². The van der Waals surface area contributed by atoms with Crippen molar-refractivity contribution in [1.82, 2.24) is 14.8 Å². The maximum atomic E-state index is 13.9. The molecule has 1 aliphatic carbocycles. The summed E-state index contributed by atoms with van der Waals surface area (Å²) in [6.45, 7) is 2.56. The molecule has 0 bridgehead atoms. The van der Waals surface area contributed by atoms with Gasteiger partial charge in [0.25, 0.3) is 11.8 Å². The second-order valence-electron chi connectivity index (χ2n) is 8.84. The van der Waals surface area contributed by atoms with E-state index in [0.29, 0.717) is 12.7 Å². The minimum Gasteiger partial charge on any atom is -0.491 e. The summed E-state index contributed by atoms with van der Waals surface area (Å²) in [7, 11) is 1.27. The highest BCUT2D eigenvalue weighted by molar-refractivity contribution is 5.99. The first-order chi connectivity index (χ1) is 15.8. The van der Waals surface area contributed by atoms with E-state index in [4.69, 9.17) is 9.47 Å². The van der Waals surface area contributed by atoms with Gasteiger partial charge in [0, 0.05) is 35.8 Å². The van der Waals surface area contributed by atoms with Gasteiger partial charge < -0.3 is 24.3 Å². The smallest absolute Gasteiger partial charge is 0.276 e. The molecule has 2 aliphatic heterocycles. The van der Waals surface area contributed by atoms with Crippen LogP contribution in [0.1, 0.15) is 46.2 Å². The van der Waals surface area contributed by atoms with Crippen LogP contribution in [0.3, 0.4) is 0 Å². The normalized spacial score (nSPS) is 22.5. The lowest BCUT2D eigenvalue weighted by Crippen LogP contribution is -2.60. The van der Waals surface area contributed by atoms with E-state index in [1.807, 2.05) is 6.92 Å². The lowest BCUT2D eigenvalue weighted by Gasteiger charge is -2.48. The number of methoxy groups -OCH3 is 1. The van der Waals surface area contributed by atoms with E-state index in [1.165, 1.54) is 23.9 Å². The Morgan fingerprint density at radius 1 is 1.30 bits per heavy atom. The maximum absolute atomic E-state index is 13.9. The van der Waals surface area contributed by atoms with Gasteiger partial charge in [-0.1, -0.05) is 6.07 Å². The predicted molar refractivity (Wildman–Crippen MR) is 112 cm³/mol. The average molecular weight is 459 g/mol. The average Bonchev–Trinajstić information content (AvgIpc) is 3.56. The molecule has 2 atom stereocenters. The van der Waals surface area contributed by atoms with Crippen molar-refractivity contribution >= 4 is 11.8 Å². The molecule has 3 aliphatic rings. The fourth-order valence-electron chi connectivity index (χ4n) is 4.76. The van der Waals surface area contributed by atoms with Crippen LogP contribution in [0.4, 0.5) is 8.78 Å². The van der Waals surface area contributed by atoms with Gasteiger partial charge in [0.2, 0.25) is 5.43 Å². The number of benzene rings is 1. The molecular formula is C23H23F2N3O5. The van der Waals surface area contributed by atoms with Crippen molar-refractivity contribution in [2.45, 2.75) is 45.1 Å². The number of nitrogens with zero attached hydrogens (tertiary/aromatic N) is 2. The molecule has 0 radical (unpaired) electrons. The molecule has 174 valence electrons. The van der Waals surface area contributed by atoms with Crippen molar-refractivity contribution in [3.63, 3.8) is 0 Å². The van der Waals surface area contributed by atoms with Crippen molar-refractivity contribution in [2.75, 3.05) is 13.7 Å². The number of nitrogens with one attached hydrogen (secondary N) is 1. The summed E-state index contributed by atoms with van der Waals surface area (Å²) in [6.07, 6.45) is 2.77. The van der Waals surface area contributed by atoms with Gasteiger partial charge in [-0.25, -0.2) is 8.78 Å². The summed E-state index contributed by atoms with van der Waals surface area (Å²) in [4.78, 5) is 40.9. The van der Waals surface area contributed by atoms with Gasteiger partial charge in [-0.15, -0.1) is 0 Å². The molecule has 5 rings (SSSR count). The molecule has 2 fully saturated rings. The van der Waals surface area contributed by atoms with E-state index in [-0.39, 0.29) is 53.0 Å². The zero-order valence-electron chi connectivity index (χ0n) is 18.2. The number of carbonyl (C=O) groups is 2. The topological polar surface area (TPSA) is 89.9 Å². The molecule has 1 N–H and O–H groups in total. The molecule has 1 aromatic carbocycles. The Morgan fingerprint density at radius 3 is 2.73 bits per heavy atom.